The van der Waals surface area contributed by atoms with Crippen LogP contribution in [0.25, 0.3) is 0 Å². The molecule has 112 valence electrons. The minimum Gasteiger partial charge on any atom is -0.379 e. The third kappa shape index (κ3) is 6.21. The van der Waals surface area contributed by atoms with E-state index in [1.165, 1.54) is 12.8 Å². The van der Waals surface area contributed by atoms with E-state index in [9.17, 15) is 0 Å². The third-order valence-corrected chi connectivity index (χ3v) is 3.98. The fraction of sp³-hybridized carbons (Fsp3) is 1.00. The van der Waals surface area contributed by atoms with Crippen LogP contribution in [0.2, 0.25) is 0 Å². The number of hydrogen-bond acceptors (Lipinski definition) is 4. The minimum absolute atomic E-state index is 0.439. The summed E-state index contributed by atoms with van der Waals surface area (Å²) in [6.07, 6.45) is 6.71. The molecule has 0 bridgehead atoms. The molecular formula is C15H29NO3. The van der Waals surface area contributed by atoms with Gasteiger partial charge in [0.15, 0.2) is 0 Å². The van der Waals surface area contributed by atoms with E-state index in [0.29, 0.717) is 18.8 Å². The van der Waals surface area contributed by atoms with E-state index in [0.717, 1.165) is 58.1 Å². The summed E-state index contributed by atoms with van der Waals surface area (Å²) in [7, 11) is 0. The maximum atomic E-state index is 5.77. The Bertz CT molecular complexity index is 225. The van der Waals surface area contributed by atoms with Gasteiger partial charge in [0.2, 0.25) is 0 Å². The topological polar surface area (TPSA) is 39.7 Å². The first kappa shape index (κ1) is 15.2. The summed E-state index contributed by atoms with van der Waals surface area (Å²) in [6.45, 7) is 7.52. The third-order valence-electron chi connectivity index (χ3n) is 3.98. The van der Waals surface area contributed by atoms with Crippen LogP contribution in [-0.4, -0.2) is 51.7 Å². The number of nitrogens with one attached hydrogen (secondary N) is 1. The maximum Gasteiger partial charge on any atom is 0.0704 e. The van der Waals surface area contributed by atoms with Gasteiger partial charge in [-0.25, -0.2) is 0 Å². The summed E-state index contributed by atoms with van der Waals surface area (Å²) < 4.78 is 17.1. The lowest BCUT2D eigenvalue weighted by atomic mass is 9.84. The van der Waals surface area contributed by atoms with Gasteiger partial charge in [-0.05, 0) is 51.1 Å². The molecule has 1 aliphatic heterocycles. The van der Waals surface area contributed by atoms with Crippen LogP contribution in [0.15, 0.2) is 0 Å². The molecule has 4 heteroatoms. The van der Waals surface area contributed by atoms with E-state index in [4.69, 9.17) is 14.2 Å². The van der Waals surface area contributed by atoms with Gasteiger partial charge in [0, 0.05) is 13.2 Å². The van der Waals surface area contributed by atoms with Crippen molar-refractivity contribution >= 4 is 0 Å². The van der Waals surface area contributed by atoms with Crippen molar-refractivity contribution in [2.45, 2.75) is 51.2 Å². The predicted octanol–water partition coefficient (Wildman–Crippen LogP) is 1.98. The van der Waals surface area contributed by atoms with Crippen molar-refractivity contribution in [3.05, 3.63) is 0 Å². The van der Waals surface area contributed by atoms with Gasteiger partial charge >= 0.3 is 0 Å². The Balaban J connectivity index is 1.30. The molecule has 0 amide bonds. The van der Waals surface area contributed by atoms with E-state index >= 15 is 0 Å². The Morgan fingerprint density at radius 1 is 0.895 bits per heavy atom. The van der Waals surface area contributed by atoms with Crippen LogP contribution in [0, 0.1) is 5.92 Å². The quantitative estimate of drug-likeness (QED) is 0.651. The Hall–Kier alpha value is -0.160. The molecule has 4 nitrogen and oxygen atoms in total. The highest BCUT2D eigenvalue weighted by atomic mass is 16.5. The van der Waals surface area contributed by atoms with Gasteiger partial charge in [0.05, 0.1) is 25.4 Å². The maximum absolute atomic E-state index is 5.77. The number of rotatable bonds is 9. The SMILES string of the molecule is CC1CC(OCCCOCCOC2CCNCC2)C1. The number of piperidine rings is 1. The van der Waals surface area contributed by atoms with Gasteiger partial charge in [0.1, 0.15) is 0 Å². The first-order chi connectivity index (χ1) is 9.34. The van der Waals surface area contributed by atoms with Crippen molar-refractivity contribution in [1.29, 1.82) is 0 Å². The zero-order valence-corrected chi connectivity index (χ0v) is 12.2. The molecule has 1 saturated heterocycles. The predicted molar refractivity (Wildman–Crippen MR) is 75.4 cm³/mol. The van der Waals surface area contributed by atoms with Crippen LogP contribution < -0.4 is 5.32 Å². The van der Waals surface area contributed by atoms with Crippen LogP contribution in [-0.2, 0) is 14.2 Å². The highest BCUT2D eigenvalue weighted by Crippen LogP contribution is 2.29. The molecule has 1 saturated carbocycles. The van der Waals surface area contributed by atoms with Crippen LogP contribution in [0.3, 0.4) is 0 Å². The number of ether oxygens (including phenoxy) is 3. The molecule has 0 spiro atoms. The molecule has 1 heterocycles. The molecule has 19 heavy (non-hydrogen) atoms. The summed E-state index contributed by atoms with van der Waals surface area (Å²) in [5.41, 5.74) is 0. The molecule has 0 atom stereocenters. The molecule has 0 aromatic rings. The zero-order valence-electron chi connectivity index (χ0n) is 12.2. The van der Waals surface area contributed by atoms with Crippen molar-refractivity contribution in [2.75, 3.05) is 39.5 Å². The van der Waals surface area contributed by atoms with Crippen molar-refractivity contribution in [2.24, 2.45) is 5.92 Å². The summed E-state index contributed by atoms with van der Waals surface area (Å²) in [5.74, 6) is 0.869. The van der Waals surface area contributed by atoms with E-state index in [1.807, 2.05) is 0 Å². The smallest absolute Gasteiger partial charge is 0.0704 e. The van der Waals surface area contributed by atoms with Crippen molar-refractivity contribution < 1.29 is 14.2 Å². The molecule has 2 rings (SSSR count). The highest BCUT2D eigenvalue weighted by Gasteiger charge is 2.25. The molecule has 0 aromatic heterocycles. The summed E-state index contributed by atoms with van der Waals surface area (Å²) >= 11 is 0. The van der Waals surface area contributed by atoms with Crippen molar-refractivity contribution in [3.63, 3.8) is 0 Å². The van der Waals surface area contributed by atoms with Crippen molar-refractivity contribution in [3.8, 4) is 0 Å². The van der Waals surface area contributed by atoms with Gasteiger partial charge < -0.3 is 19.5 Å². The van der Waals surface area contributed by atoms with Crippen LogP contribution in [0.1, 0.15) is 39.0 Å². The summed E-state index contributed by atoms with van der Waals surface area (Å²) in [6, 6.07) is 0. The van der Waals surface area contributed by atoms with Crippen LogP contribution in [0.5, 0.6) is 0 Å². The average molecular weight is 271 g/mol. The Morgan fingerprint density at radius 3 is 2.37 bits per heavy atom. The van der Waals surface area contributed by atoms with Gasteiger partial charge in [-0.1, -0.05) is 6.92 Å². The van der Waals surface area contributed by atoms with Gasteiger partial charge in [-0.15, -0.1) is 0 Å². The summed E-state index contributed by atoms with van der Waals surface area (Å²) in [4.78, 5) is 0. The second kappa shape index (κ2) is 8.90. The van der Waals surface area contributed by atoms with E-state index in [2.05, 4.69) is 12.2 Å². The molecule has 2 aliphatic rings. The Kier molecular flexibility index (Phi) is 7.14. The Morgan fingerprint density at radius 2 is 1.63 bits per heavy atom. The molecule has 1 N–H and O–H groups in total. The Labute approximate surface area is 117 Å². The van der Waals surface area contributed by atoms with Crippen LogP contribution in [0.4, 0.5) is 0 Å². The normalized spacial score (nSPS) is 28.3. The molecule has 2 fully saturated rings. The zero-order chi connectivity index (χ0) is 13.3. The molecule has 0 radical (unpaired) electrons. The van der Waals surface area contributed by atoms with E-state index < -0.39 is 0 Å². The lowest BCUT2D eigenvalue weighted by molar-refractivity contribution is -0.0394. The molecule has 1 aliphatic carbocycles. The standard InChI is InChI=1S/C15H29NO3/c1-13-11-15(12-13)18-8-2-7-17-9-10-19-14-3-5-16-6-4-14/h13-16H,2-12H2,1H3. The first-order valence-corrected chi connectivity index (χ1v) is 7.86. The lowest BCUT2D eigenvalue weighted by Crippen LogP contribution is -2.33. The van der Waals surface area contributed by atoms with E-state index in [-0.39, 0.29) is 0 Å². The van der Waals surface area contributed by atoms with Crippen LogP contribution >= 0.6 is 0 Å². The largest absolute Gasteiger partial charge is 0.379 e. The average Bonchev–Trinajstić information content (AvgIpc) is 2.40. The molecule has 0 aromatic carbocycles. The fourth-order valence-corrected chi connectivity index (χ4v) is 2.71. The first-order valence-electron chi connectivity index (χ1n) is 7.86. The van der Waals surface area contributed by atoms with Gasteiger partial charge in [0.25, 0.3) is 0 Å². The molecular weight excluding hydrogens is 242 g/mol. The number of hydrogen-bond donors (Lipinski definition) is 1. The molecule has 0 unspecified atom stereocenters. The summed E-state index contributed by atoms with van der Waals surface area (Å²) in [5, 5.41) is 3.34. The lowest BCUT2D eigenvalue weighted by Gasteiger charge is -2.32. The monoisotopic (exact) mass is 271 g/mol. The van der Waals surface area contributed by atoms with Crippen molar-refractivity contribution in [1.82, 2.24) is 5.32 Å². The van der Waals surface area contributed by atoms with Gasteiger partial charge in [-0.2, -0.15) is 0 Å². The fourth-order valence-electron chi connectivity index (χ4n) is 2.71. The second-order valence-corrected chi connectivity index (χ2v) is 5.86. The highest BCUT2D eigenvalue weighted by molar-refractivity contribution is 4.76. The van der Waals surface area contributed by atoms with Gasteiger partial charge in [-0.3, -0.25) is 0 Å². The second-order valence-electron chi connectivity index (χ2n) is 5.86. The minimum atomic E-state index is 0.439. The van der Waals surface area contributed by atoms with E-state index in [1.54, 1.807) is 0 Å².